The minimum absolute atomic E-state index is 0.0579. The number of nitrogens with zero attached hydrogens (tertiary/aromatic N) is 2. The van der Waals surface area contributed by atoms with Crippen molar-refractivity contribution in [2.24, 2.45) is 5.92 Å². The molecule has 0 saturated carbocycles. The zero-order valence-electron chi connectivity index (χ0n) is 16.6. The van der Waals surface area contributed by atoms with Crippen molar-refractivity contribution in [2.75, 3.05) is 31.5 Å². The number of anilines is 1. The molecule has 3 rings (SSSR count). The largest absolute Gasteiger partial charge is 0.506 e. The number of phenols is 1. The summed E-state index contributed by atoms with van der Waals surface area (Å²) in [4.78, 5) is 29.1. The topological polar surface area (TPSA) is 72.9 Å². The van der Waals surface area contributed by atoms with Crippen molar-refractivity contribution in [3.05, 3.63) is 23.8 Å². The maximum atomic E-state index is 12.8. The fourth-order valence-electron chi connectivity index (χ4n) is 3.81. The molecule has 0 unspecified atom stereocenters. The molecule has 2 heterocycles. The SMILES string of the molecule is CC(C)(C)c1ccc(O)c(NC(=O)[C@H]2CCCN(C(=O)N3CCCC3)C2)c1. The van der Waals surface area contributed by atoms with E-state index in [0.717, 1.165) is 44.3 Å². The molecule has 2 aliphatic heterocycles. The Kier molecular flexibility index (Phi) is 5.63. The summed E-state index contributed by atoms with van der Waals surface area (Å²) in [5.41, 5.74) is 1.41. The van der Waals surface area contributed by atoms with Crippen LogP contribution in [-0.4, -0.2) is 53.0 Å². The van der Waals surface area contributed by atoms with E-state index < -0.39 is 0 Å². The van der Waals surface area contributed by atoms with Crippen LogP contribution in [0.2, 0.25) is 0 Å². The maximum Gasteiger partial charge on any atom is 0.320 e. The number of piperidine rings is 1. The summed E-state index contributed by atoms with van der Waals surface area (Å²) in [5.74, 6) is -0.310. The summed E-state index contributed by atoms with van der Waals surface area (Å²) in [7, 11) is 0. The van der Waals surface area contributed by atoms with E-state index in [1.165, 1.54) is 0 Å². The third-order valence-corrected chi connectivity index (χ3v) is 5.56. The van der Waals surface area contributed by atoms with Gasteiger partial charge in [-0.25, -0.2) is 4.79 Å². The van der Waals surface area contributed by atoms with E-state index in [-0.39, 0.29) is 29.0 Å². The van der Waals surface area contributed by atoms with E-state index in [4.69, 9.17) is 0 Å². The average molecular weight is 373 g/mol. The molecule has 3 amide bonds. The van der Waals surface area contributed by atoms with Gasteiger partial charge in [0.05, 0.1) is 11.6 Å². The first-order valence-electron chi connectivity index (χ1n) is 9.94. The van der Waals surface area contributed by atoms with Crippen molar-refractivity contribution in [3.8, 4) is 5.75 Å². The number of amides is 3. The number of phenolic OH excluding ortho intramolecular Hbond substituents is 1. The van der Waals surface area contributed by atoms with Crippen molar-refractivity contribution >= 4 is 17.6 Å². The van der Waals surface area contributed by atoms with Crippen LogP contribution in [-0.2, 0) is 10.2 Å². The van der Waals surface area contributed by atoms with Crippen molar-refractivity contribution in [2.45, 2.75) is 51.9 Å². The van der Waals surface area contributed by atoms with Crippen LogP contribution >= 0.6 is 0 Å². The van der Waals surface area contributed by atoms with Gasteiger partial charge in [0.1, 0.15) is 5.75 Å². The normalized spacial score (nSPS) is 20.6. The van der Waals surface area contributed by atoms with Gasteiger partial charge < -0.3 is 20.2 Å². The van der Waals surface area contributed by atoms with Gasteiger partial charge in [0, 0.05) is 26.2 Å². The number of aromatic hydroxyl groups is 1. The molecule has 0 bridgehead atoms. The molecule has 1 aromatic carbocycles. The second-order valence-corrected chi connectivity index (χ2v) is 8.73. The summed E-state index contributed by atoms with van der Waals surface area (Å²) in [5, 5.41) is 13.0. The molecule has 1 aromatic rings. The number of benzene rings is 1. The summed E-state index contributed by atoms with van der Waals surface area (Å²) in [6, 6.07) is 5.40. The first-order chi connectivity index (χ1) is 12.8. The zero-order valence-corrected chi connectivity index (χ0v) is 16.6. The molecule has 2 saturated heterocycles. The van der Waals surface area contributed by atoms with Crippen molar-refractivity contribution in [1.29, 1.82) is 0 Å². The van der Waals surface area contributed by atoms with Crippen molar-refractivity contribution < 1.29 is 14.7 Å². The summed E-state index contributed by atoms with van der Waals surface area (Å²) >= 11 is 0. The Balaban J connectivity index is 1.66. The fourth-order valence-corrected chi connectivity index (χ4v) is 3.81. The second-order valence-electron chi connectivity index (χ2n) is 8.73. The fraction of sp³-hybridized carbons (Fsp3) is 0.619. The average Bonchev–Trinajstić information content (AvgIpc) is 3.16. The molecule has 0 radical (unpaired) electrons. The van der Waals surface area contributed by atoms with Crippen LogP contribution in [0.15, 0.2) is 18.2 Å². The maximum absolute atomic E-state index is 12.8. The molecule has 2 fully saturated rings. The molecule has 27 heavy (non-hydrogen) atoms. The van der Waals surface area contributed by atoms with Crippen molar-refractivity contribution in [1.82, 2.24) is 9.80 Å². The highest BCUT2D eigenvalue weighted by Gasteiger charge is 2.32. The molecule has 148 valence electrons. The first kappa shape index (κ1) is 19.5. The Bertz CT molecular complexity index is 705. The Morgan fingerprint density at radius 2 is 1.74 bits per heavy atom. The summed E-state index contributed by atoms with van der Waals surface area (Å²) in [6.07, 6.45) is 3.71. The van der Waals surface area contributed by atoms with E-state index in [9.17, 15) is 14.7 Å². The molecular weight excluding hydrogens is 342 g/mol. The van der Waals surface area contributed by atoms with E-state index in [2.05, 4.69) is 26.1 Å². The van der Waals surface area contributed by atoms with E-state index in [1.807, 2.05) is 21.9 Å². The zero-order chi connectivity index (χ0) is 19.6. The Morgan fingerprint density at radius 1 is 1.07 bits per heavy atom. The molecule has 0 spiro atoms. The van der Waals surface area contributed by atoms with Gasteiger partial charge in [-0.15, -0.1) is 0 Å². The predicted octanol–water partition coefficient (Wildman–Crippen LogP) is 3.56. The van der Waals surface area contributed by atoms with Gasteiger partial charge in [-0.2, -0.15) is 0 Å². The summed E-state index contributed by atoms with van der Waals surface area (Å²) in [6.45, 7) is 9.07. The van der Waals surface area contributed by atoms with Crippen molar-refractivity contribution in [3.63, 3.8) is 0 Å². The minimum atomic E-state index is -0.247. The highest BCUT2D eigenvalue weighted by Crippen LogP contribution is 2.31. The lowest BCUT2D eigenvalue weighted by Crippen LogP contribution is -2.48. The lowest BCUT2D eigenvalue weighted by atomic mass is 9.86. The van der Waals surface area contributed by atoms with Crippen LogP contribution in [0.4, 0.5) is 10.5 Å². The van der Waals surface area contributed by atoms with Gasteiger partial charge >= 0.3 is 6.03 Å². The molecule has 0 aromatic heterocycles. The van der Waals surface area contributed by atoms with Gasteiger partial charge in [0.25, 0.3) is 0 Å². The van der Waals surface area contributed by atoms with Gasteiger partial charge in [-0.1, -0.05) is 26.8 Å². The Labute approximate surface area is 161 Å². The number of hydrogen-bond donors (Lipinski definition) is 2. The van der Waals surface area contributed by atoms with Gasteiger partial charge in [0.15, 0.2) is 0 Å². The lowest BCUT2D eigenvalue weighted by molar-refractivity contribution is -0.121. The number of carbonyl (C=O) groups is 2. The molecule has 2 aliphatic rings. The predicted molar refractivity (Wildman–Crippen MR) is 106 cm³/mol. The molecule has 2 N–H and O–H groups in total. The smallest absolute Gasteiger partial charge is 0.320 e. The second kappa shape index (κ2) is 7.79. The van der Waals surface area contributed by atoms with E-state index >= 15 is 0 Å². The molecule has 6 heteroatoms. The first-order valence-corrected chi connectivity index (χ1v) is 9.94. The van der Waals surface area contributed by atoms with Crippen LogP contribution in [0.3, 0.4) is 0 Å². The lowest BCUT2D eigenvalue weighted by Gasteiger charge is -2.34. The van der Waals surface area contributed by atoms with Crippen LogP contribution in [0.1, 0.15) is 52.0 Å². The number of rotatable bonds is 2. The highest BCUT2D eigenvalue weighted by atomic mass is 16.3. The summed E-state index contributed by atoms with van der Waals surface area (Å²) < 4.78 is 0. The highest BCUT2D eigenvalue weighted by molar-refractivity contribution is 5.94. The van der Waals surface area contributed by atoms with Gasteiger partial charge in [0.2, 0.25) is 5.91 Å². The van der Waals surface area contributed by atoms with Gasteiger partial charge in [-0.3, -0.25) is 4.79 Å². The Morgan fingerprint density at radius 3 is 2.41 bits per heavy atom. The number of likely N-dealkylation sites (tertiary alicyclic amines) is 2. The van der Waals surface area contributed by atoms with E-state index in [1.54, 1.807) is 6.07 Å². The molecular formula is C21H31N3O3. The third-order valence-electron chi connectivity index (χ3n) is 5.56. The number of urea groups is 1. The minimum Gasteiger partial charge on any atom is -0.506 e. The molecule has 0 aliphatic carbocycles. The Hall–Kier alpha value is -2.24. The molecule has 1 atom stereocenters. The van der Waals surface area contributed by atoms with Crippen LogP contribution in [0, 0.1) is 5.92 Å². The standard InChI is InChI=1S/C21H31N3O3/c1-21(2,3)16-8-9-18(25)17(13-16)22-19(26)15-7-6-12-24(14-15)20(27)23-10-4-5-11-23/h8-9,13,15,25H,4-7,10-12,14H2,1-3H3,(H,22,26)/t15-/m0/s1. The van der Waals surface area contributed by atoms with Crippen LogP contribution in [0.25, 0.3) is 0 Å². The van der Waals surface area contributed by atoms with Crippen LogP contribution < -0.4 is 5.32 Å². The monoisotopic (exact) mass is 373 g/mol. The van der Waals surface area contributed by atoms with Gasteiger partial charge in [-0.05, 0) is 48.8 Å². The van der Waals surface area contributed by atoms with Crippen LogP contribution in [0.5, 0.6) is 5.75 Å². The number of nitrogens with one attached hydrogen (secondary N) is 1. The number of carbonyl (C=O) groups excluding carboxylic acids is 2. The quantitative estimate of drug-likeness (QED) is 0.779. The third kappa shape index (κ3) is 4.54. The van der Waals surface area contributed by atoms with E-state index in [0.29, 0.717) is 18.8 Å². The molecule has 6 nitrogen and oxygen atoms in total. The number of hydrogen-bond acceptors (Lipinski definition) is 3.